The number of hydrogen-bond donors (Lipinski definition) is 0. The molecule has 3 saturated heterocycles. The maximum Gasteiger partial charge on any atom is 0.257 e. The molecule has 1 aromatic heterocycles. The van der Waals surface area contributed by atoms with Gasteiger partial charge in [-0.1, -0.05) is 30.3 Å². The van der Waals surface area contributed by atoms with E-state index in [0.717, 1.165) is 6.54 Å². The fourth-order valence-electron chi connectivity index (χ4n) is 5.08. The van der Waals surface area contributed by atoms with Crippen LogP contribution in [0.5, 0.6) is 0 Å². The summed E-state index contributed by atoms with van der Waals surface area (Å²) in [6.07, 6.45) is 4.20. The molecule has 7 heteroatoms. The minimum absolute atomic E-state index is 0.0276. The Bertz CT molecular complexity index is 911. The van der Waals surface area contributed by atoms with Gasteiger partial charge in [0.15, 0.2) is 0 Å². The number of piperidine rings is 1. The van der Waals surface area contributed by atoms with Gasteiger partial charge in [-0.2, -0.15) is 0 Å². The molecule has 30 heavy (non-hydrogen) atoms. The summed E-state index contributed by atoms with van der Waals surface area (Å²) in [6.45, 7) is 3.13. The van der Waals surface area contributed by atoms with Crippen LogP contribution in [0.1, 0.15) is 28.8 Å². The molecule has 156 valence electrons. The van der Waals surface area contributed by atoms with Crippen molar-refractivity contribution in [3.63, 3.8) is 0 Å². The molecule has 3 aliphatic rings. The summed E-state index contributed by atoms with van der Waals surface area (Å²) in [5.41, 5.74) is 1.73. The third-order valence-corrected chi connectivity index (χ3v) is 6.64. The van der Waals surface area contributed by atoms with E-state index in [2.05, 4.69) is 17.0 Å². The lowest BCUT2D eigenvalue weighted by Gasteiger charge is -2.36. The highest BCUT2D eigenvalue weighted by Gasteiger charge is 2.54. The van der Waals surface area contributed by atoms with Crippen LogP contribution in [0.4, 0.5) is 0 Å². The predicted molar refractivity (Wildman–Crippen MR) is 108 cm³/mol. The normalized spacial score (nSPS) is 25.2. The van der Waals surface area contributed by atoms with E-state index in [1.807, 2.05) is 18.2 Å². The Morgan fingerprint density at radius 1 is 0.967 bits per heavy atom. The third-order valence-electron chi connectivity index (χ3n) is 6.64. The molecule has 3 fully saturated rings. The van der Waals surface area contributed by atoms with Crippen LogP contribution in [0.25, 0.3) is 0 Å². The summed E-state index contributed by atoms with van der Waals surface area (Å²) >= 11 is 0. The average molecular weight is 407 g/mol. The zero-order valence-electron chi connectivity index (χ0n) is 16.8. The Balaban J connectivity index is 1.19. The summed E-state index contributed by atoms with van der Waals surface area (Å²) in [4.78, 5) is 44.1. The maximum atomic E-state index is 13.1. The second kappa shape index (κ2) is 7.72. The molecule has 0 bridgehead atoms. The van der Waals surface area contributed by atoms with Crippen molar-refractivity contribution in [3.05, 3.63) is 60.1 Å². The number of likely N-dealkylation sites (tertiary alicyclic amines) is 3. The topological polar surface area (TPSA) is 74.1 Å². The summed E-state index contributed by atoms with van der Waals surface area (Å²) in [5.74, 6) is -0.575. The standard InChI is InChI=1S/C23H25N3O4/c27-21(17-8-11-30-15-17)25-9-6-18(7-10-25)26-22(28)19-13-24(14-20(19)23(26)29)12-16-4-2-1-3-5-16/h1-5,8,11,15,18-20H,6-7,9-10,12-14H2/t19-,20+. The zero-order valence-corrected chi connectivity index (χ0v) is 16.8. The number of benzene rings is 1. The van der Waals surface area contributed by atoms with Crippen molar-refractivity contribution in [1.29, 1.82) is 0 Å². The Kier molecular flexibility index (Phi) is 4.90. The van der Waals surface area contributed by atoms with Gasteiger partial charge in [-0.15, -0.1) is 0 Å². The van der Waals surface area contributed by atoms with Crippen LogP contribution in [-0.4, -0.2) is 64.6 Å². The van der Waals surface area contributed by atoms with Gasteiger partial charge in [0.05, 0.1) is 23.7 Å². The molecular weight excluding hydrogens is 382 g/mol. The van der Waals surface area contributed by atoms with E-state index < -0.39 is 0 Å². The van der Waals surface area contributed by atoms with Gasteiger partial charge in [0.2, 0.25) is 11.8 Å². The lowest BCUT2D eigenvalue weighted by Crippen LogP contribution is -2.50. The van der Waals surface area contributed by atoms with E-state index in [0.29, 0.717) is 44.6 Å². The number of carbonyl (C=O) groups is 3. The molecule has 5 rings (SSSR count). The Morgan fingerprint density at radius 2 is 1.63 bits per heavy atom. The van der Waals surface area contributed by atoms with Crippen molar-refractivity contribution in [2.75, 3.05) is 26.2 Å². The van der Waals surface area contributed by atoms with E-state index in [9.17, 15) is 14.4 Å². The highest BCUT2D eigenvalue weighted by Crippen LogP contribution is 2.37. The number of imide groups is 1. The molecule has 3 aliphatic heterocycles. The van der Waals surface area contributed by atoms with Crippen LogP contribution >= 0.6 is 0 Å². The molecule has 1 aromatic carbocycles. The first-order valence-electron chi connectivity index (χ1n) is 10.6. The molecule has 0 saturated carbocycles. The minimum Gasteiger partial charge on any atom is -0.472 e. The van der Waals surface area contributed by atoms with Crippen LogP contribution < -0.4 is 0 Å². The lowest BCUT2D eigenvalue weighted by atomic mass is 10.00. The summed E-state index contributed by atoms with van der Waals surface area (Å²) < 4.78 is 5.00. The molecule has 0 spiro atoms. The predicted octanol–water partition coefficient (Wildman–Crippen LogP) is 2.00. The van der Waals surface area contributed by atoms with Crippen LogP contribution in [0.15, 0.2) is 53.3 Å². The van der Waals surface area contributed by atoms with E-state index in [4.69, 9.17) is 4.42 Å². The second-order valence-corrected chi connectivity index (χ2v) is 8.47. The average Bonchev–Trinajstić information content (AvgIpc) is 3.49. The van der Waals surface area contributed by atoms with Crippen molar-refractivity contribution in [2.45, 2.75) is 25.4 Å². The summed E-state index contributed by atoms with van der Waals surface area (Å²) in [5, 5.41) is 0. The van der Waals surface area contributed by atoms with Crippen molar-refractivity contribution in [1.82, 2.24) is 14.7 Å². The van der Waals surface area contributed by atoms with E-state index in [1.165, 1.54) is 23.0 Å². The van der Waals surface area contributed by atoms with Crippen molar-refractivity contribution in [2.24, 2.45) is 11.8 Å². The SMILES string of the molecule is O=C(c1ccoc1)N1CCC(N2C(=O)[C@H]3CN(Cc4ccccc4)C[C@H]3C2=O)CC1. The fraction of sp³-hybridized carbons (Fsp3) is 0.435. The van der Waals surface area contributed by atoms with Gasteiger partial charge < -0.3 is 9.32 Å². The minimum atomic E-state index is -0.230. The number of hydrogen-bond acceptors (Lipinski definition) is 5. The van der Waals surface area contributed by atoms with Crippen LogP contribution in [0.2, 0.25) is 0 Å². The molecule has 0 radical (unpaired) electrons. The van der Waals surface area contributed by atoms with Gasteiger partial charge >= 0.3 is 0 Å². The van der Waals surface area contributed by atoms with Gasteiger partial charge in [0.1, 0.15) is 6.26 Å². The van der Waals surface area contributed by atoms with Crippen LogP contribution in [-0.2, 0) is 16.1 Å². The lowest BCUT2D eigenvalue weighted by molar-refractivity contribution is -0.144. The molecule has 0 aliphatic carbocycles. The van der Waals surface area contributed by atoms with E-state index >= 15 is 0 Å². The van der Waals surface area contributed by atoms with Crippen molar-refractivity contribution < 1.29 is 18.8 Å². The Hall–Kier alpha value is -2.93. The van der Waals surface area contributed by atoms with Crippen molar-refractivity contribution in [3.8, 4) is 0 Å². The second-order valence-electron chi connectivity index (χ2n) is 8.47. The largest absolute Gasteiger partial charge is 0.472 e. The number of nitrogens with zero attached hydrogens (tertiary/aromatic N) is 3. The Morgan fingerprint density at radius 3 is 2.23 bits per heavy atom. The Labute approximate surface area is 175 Å². The third kappa shape index (κ3) is 3.33. The van der Waals surface area contributed by atoms with Gasteiger partial charge in [0, 0.05) is 38.8 Å². The molecular formula is C23H25N3O4. The van der Waals surface area contributed by atoms with Gasteiger partial charge in [-0.3, -0.25) is 24.2 Å². The quantitative estimate of drug-likeness (QED) is 0.725. The molecule has 3 amide bonds. The zero-order chi connectivity index (χ0) is 20.7. The molecule has 0 unspecified atom stereocenters. The monoisotopic (exact) mass is 407 g/mol. The molecule has 2 atom stereocenters. The number of fused-ring (bicyclic) bond motifs is 1. The maximum absolute atomic E-state index is 13.1. The number of rotatable bonds is 4. The first-order chi connectivity index (χ1) is 14.6. The fourth-order valence-corrected chi connectivity index (χ4v) is 5.08. The van der Waals surface area contributed by atoms with E-state index in [1.54, 1.807) is 11.0 Å². The van der Waals surface area contributed by atoms with Gasteiger partial charge in [0.25, 0.3) is 5.91 Å². The van der Waals surface area contributed by atoms with Crippen LogP contribution in [0, 0.1) is 11.8 Å². The first kappa shape index (κ1) is 19.1. The highest BCUT2D eigenvalue weighted by molar-refractivity contribution is 6.06. The number of amides is 3. The molecule has 2 aromatic rings. The summed E-state index contributed by atoms with van der Waals surface area (Å²) in [6, 6.07) is 11.7. The van der Waals surface area contributed by atoms with Gasteiger partial charge in [-0.25, -0.2) is 0 Å². The number of carbonyl (C=O) groups excluding carboxylic acids is 3. The van der Waals surface area contributed by atoms with Crippen molar-refractivity contribution >= 4 is 17.7 Å². The summed E-state index contributed by atoms with van der Waals surface area (Å²) in [7, 11) is 0. The molecule has 0 N–H and O–H groups in total. The smallest absolute Gasteiger partial charge is 0.257 e. The van der Waals surface area contributed by atoms with Gasteiger partial charge in [-0.05, 0) is 24.5 Å². The highest BCUT2D eigenvalue weighted by atomic mass is 16.3. The van der Waals surface area contributed by atoms with Crippen LogP contribution in [0.3, 0.4) is 0 Å². The van der Waals surface area contributed by atoms with E-state index in [-0.39, 0.29) is 35.6 Å². The molecule has 4 heterocycles. The first-order valence-corrected chi connectivity index (χ1v) is 10.6. The number of furan rings is 1. The molecule has 7 nitrogen and oxygen atoms in total.